The molecule has 2 N–H and O–H groups in total. The first-order chi connectivity index (χ1) is 16.8. The molecule has 4 rings (SSSR count). The number of carbonyl (C=O) groups excluding carboxylic acids is 1. The van der Waals surface area contributed by atoms with Gasteiger partial charge in [-0.05, 0) is 53.8 Å². The van der Waals surface area contributed by atoms with Crippen LogP contribution in [0.2, 0.25) is 0 Å². The van der Waals surface area contributed by atoms with Crippen LogP contribution in [0, 0.1) is 0 Å². The highest BCUT2D eigenvalue weighted by atomic mass is 32.2. The second-order valence-corrected chi connectivity index (χ2v) is 10.6. The summed E-state index contributed by atoms with van der Waals surface area (Å²) in [6, 6.07) is 22.6. The van der Waals surface area contributed by atoms with Crippen LogP contribution in [0.1, 0.15) is 36.5 Å². The Kier molecular flexibility index (Phi) is 7.36. The third-order valence-electron chi connectivity index (χ3n) is 6.32. The van der Waals surface area contributed by atoms with E-state index in [4.69, 9.17) is 9.47 Å². The standard InChI is InChI=1S/C28H29NO5S/c1-28(2,35-17-18-12-14-19(33-3)15-13-18)25(26(30)31)29-27(32)34-16-24-22-10-6-4-8-20(22)21-9-5-7-11-23(21)24/h4-15,24-25H,16-17H2,1-3H3,(H,29,32)(H,30,31)/t25-/m0/s1. The predicted octanol–water partition coefficient (Wildman–Crippen LogP) is 5.70. The minimum atomic E-state index is -1.12. The number of fused-ring (bicyclic) bond motifs is 3. The average molecular weight is 492 g/mol. The molecule has 1 aliphatic carbocycles. The molecule has 6 nitrogen and oxygen atoms in total. The Hall–Kier alpha value is -3.45. The molecule has 1 aliphatic rings. The first kappa shape index (κ1) is 24.7. The molecule has 0 fully saturated rings. The number of ether oxygens (including phenoxy) is 2. The summed E-state index contributed by atoms with van der Waals surface area (Å²) in [4.78, 5) is 24.8. The van der Waals surface area contributed by atoms with Gasteiger partial charge >= 0.3 is 12.1 Å². The highest BCUT2D eigenvalue weighted by molar-refractivity contribution is 7.99. The molecule has 0 unspecified atom stereocenters. The van der Waals surface area contributed by atoms with E-state index in [-0.39, 0.29) is 12.5 Å². The van der Waals surface area contributed by atoms with Crippen LogP contribution in [0.25, 0.3) is 11.1 Å². The molecule has 0 bridgehead atoms. The van der Waals surface area contributed by atoms with E-state index in [1.807, 2.05) is 74.5 Å². The van der Waals surface area contributed by atoms with Crippen molar-refractivity contribution < 1.29 is 24.2 Å². The van der Waals surface area contributed by atoms with Crippen molar-refractivity contribution in [1.29, 1.82) is 0 Å². The van der Waals surface area contributed by atoms with Crippen LogP contribution in [0.4, 0.5) is 4.79 Å². The van der Waals surface area contributed by atoms with Crippen LogP contribution in [0.3, 0.4) is 0 Å². The van der Waals surface area contributed by atoms with Gasteiger partial charge < -0.3 is 19.9 Å². The van der Waals surface area contributed by atoms with E-state index in [2.05, 4.69) is 17.4 Å². The van der Waals surface area contributed by atoms with Crippen LogP contribution in [-0.4, -0.2) is 41.7 Å². The molecule has 1 amide bonds. The molecular formula is C28H29NO5S. The van der Waals surface area contributed by atoms with Crippen LogP contribution < -0.4 is 10.1 Å². The number of rotatable bonds is 9. The molecule has 0 saturated heterocycles. The molecule has 3 aromatic rings. The third kappa shape index (κ3) is 5.46. The number of benzene rings is 3. The van der Waals surface area contributed by atoms with E-state index in [0.29, 0.717) is 5.75 Å². The second-order valence-electron chi connectivity index (χ2n) is 8.98. The fourth-order valence-electron chi connectivity index (χ4n) is 4.37. The monoisotopic (exact) mass is 491 g/mol. The summed E-state index contributed by atoms with van der Waals surface area (Å²) < 4.78 is 9.97. The van der Waals surface area contributed by atoms with Crippen LogP contribution in [0.5, 0.6) is 5.75 Å². The van der Waals surface area contributed by atoms with Gasteiger partial charge in [0.05, 0.1) is 7.11 Å². The molecule has 0 aliphatic heterocycles. The van der Waals surface area contributed by atoms with E-state index in [9.17, 15) is 14.7 Å². The lowest BCUT2D eigenvalue weighted by Gasteiger charge is -2.31. The van der Waals surface area contributed by atoms with Gasteiger partial charge in [-0.25, -0.2) is 9.59 Å². The summed E-state index contributed by atoms with van der Waals surface area (Å²) in [6.45, 7) is 3.75. The number of amides is 1. The number of aliphatic carboxylic acids is 1. The fraction of sp³-hybridized carbons (Fsp3) is 0.286. The Morgan fingerprint density at radius 2 is 1.54 bits per heavy atom. The fourth-order valence-corrected chi connectivity index (χ4v) is 5.42. The van der Waals surface area contributed by atoms with Gasteiger partial charge in [-0.1, -0.05) is 60.7 Å². The molecule has 0 heterocycles. The Morgan fingerprint density at radius 1 is 0.971 bits per heavy atom. The average Bonchev–Trinajstić information content (AvgIpc) is 3.18. The first-order valence-corrected chi connectivity index (χ1v) is 12.4. The number of alkyl carbamates (subject to hydrolysis) is 1. The lowest BCUT2D eigenvalue weighted by atomic mass is 9.98. The number of hydrogen-bond acceptors (Lipinski definition) is 5. The molecule has 0 spiro atoms. The maximum atomic E-state index is 12.7. The number of nitrogens with one attached hydrogen (secondary N) is 1. The van der Waals surface area contributed by atoms with Crippen molar-refractivity contribution in [3.8, 4) is 16.9 Å². The summed E-state index contributed by atoms with van der Waals surface area (Å²) in [5, 5.41) is 12.4. The Morgan fingerprint density at radius 3 is 2.09 bits per heavy atom. The number of methoxy groups -OCH3 is 1. The van der Waals surface area contributed by atoms with Gasteiger partial charge in [-0.15, -0.1) is 11.8 Å². The number of carbonyl (C=O) groups is 2. The van der Waals surface area contributed by atoms with E-state index in [1.165, 1.54) is 11.8 Å². The third-order valence-corrected chi connectivity index (χ3v) is 7.78. The highest BCUT2D eigenvalue weighted by Gasteiger charge is 2.38. The molecular weight excluding hydrogens is 462 g/mol. The van der Waals surface area contributed by atoms with Crippen LogP contribution in [0.15, 0.2) is 72.8 Å². The quantitative estimate of drug-likeness (QED) is 0.400. The molecule has 3 aromatic carbocycles. The normalized spacial score (nSPS) is 13.5. The smallest absolute Gasteiger partial charge is 0.407 e. The summed E-state index contributed by atoms with van der Waals surface area (Å²) in [7, 11) is 1.61. The number of carboxylic acid groups (broad SMARTS) is 1. The summed E-state index contributed by atoms with van der Waals surface area (Å²) >= 11 is 1.46. The van der Waals surface area contributed by atoms with Gasteiger partial charge in [0.25, 0.3) is 0 Å². The van der Waals surface area contributed by atoms with Crippen molar-refractivity contribution in [3.63, 3.8) is 0 Å². The second kappa shape index (κ2) is 10.4. The van der Waals surface area contributed by atoms with Crippen molar-refractivity contribution in [2.45, 2.75) is 36.3 Å². The Labute approximate surface area is 209 Å². The Bertz CT molecular complexity index is 1160. The number of carboxylic acids is 1. The zero-order chi connectivity index (χ0) is 25.0. The highest BCUT2D eigenvalue weighted by Crippen LogP contribution is 2.44. The van der Waals surface area contributed by atoms with Gasteiger partial charge in [-0.3, -0.25) is 0 Å². The molecule has 0 saturated carbocycles. The van der Waals surface area contributed by atoms with Crippen molar-refractivity contribution in [1.82, 2.24) is 5.32 Å². The zero-order valence-corrected chi connectivity index (χ0v) is 20.8. The van der Waals surface area contributed by atoms with Crippen molar-refractivity contribution in [2.24, 2.45) is 0 Å². The SMILES string of the molecule is COc1ccc(CSC(C)(C)[C@@H](NC(=O)OCC2c3ccccc3-c3ccccc32)C(=O)O)cc1. The van der Waals surface area contributed by atoms with E-state index in [0.717, 1.165) is 33.6 Å². The van der Waals surface area contributed by atoms with Gasteiger partial charge in [0.2, 0.25) is 0 Å². The van der Waals surface area contributed by atoms with Crippen molar-refractivity contribution >= 4 is 23.8 Å². The molecule has 1 atom stereocenters. The van der Waals surface area contributed by atoms with Crippen LogP contribution in [-0.2, 0) is 15.3 Å². The van der Waals surface area contributed by atoms with E-state index < -0.39 is 22.9 Å². The number of hydrogen-bond donors (Lipinski definition) is 2. The Balaban J connectivity index is 1.39. The number of thioether (sulfide) groups is 1. The molecule has 182 valence electrons. The van der Waals surface area contributed by atoms with Gasteiger partial charge in [-0.2, -0.15) is 0 Å². The molecule has 0 aromatic heterocycles. The molecule has 35 heavy (non-hydrogen) atoms. The summed E-state index contributed by atoms with van der Waals surface area (Å²) in [6.07, 6.45) is -0.739. The van der Waals surface area contributed by atoms with Gasteiger partial charge in [0.15, 0.2) is 0 Å². The van der Waals surface area contributed by atoms with Crippen molar-refractivity contribution in [2.75, 3.05) is 13.7 Å². The van der Waals surface area contributed by atoms with Crippen LogP contribution >= 0.6 is 11.8 Å². The first-order valence-electron chi connectivity index (χ1n) is 11.4. The van der Waals surface area contributed by atoms with E-state index >= 15 is 0 Å². The summed E-state index contributed by atoms with van der Waals surface area (Å²) in [5.74, 6) is 0.158. The van der Waals surface area contributed by atoms with E-state index in [1.54, 1.807) is 7.11 Å². The maximum absolute atomic E-state index is 12.7. The lowest BCUT2D eigenvalue weighted by Crippen LogP contribution is -2.52. The minimum Gasteiger partial charge on any atom is -0.497 e. The van der Waals surface area contributed by atoms with Gasteiger partial charge in [0.1, 0.15) is 18.4 Å². The summed E-state index contributed by atoms with van der Waals surface area (Å²) in [5.41, 5.74) is 5.51. The predicted molar refractivity (Wildman–Crippen MR) is 138 cm³/mol. The maximum Gasteiger partial charge on any atom is 0.407 e. The molecule has 7 heteroatoms. The topological polar surface area (TPSA) is 84.9 Å². The minimum absolute atomic E-state index is 0.0890. The van der Waals surface area contributed by atoms with Gasteiger partial charge in [0, 0.05) is 16.4 Å². The zero-order valence-electron chi connectivity index (χ0n) is 20.0. The molecule has 0 radical (unpaired) electrons. The largest absolute Gasteiger partial charge is 0.497 e. The van der Waals surface area contributed by atoms with Crippen molar-refractivity contribution in [3.05, 3.63) is 89.5 Å². The lowest BCUT2D eigenvalue weighted by molar-refractivity contribution is -0.140.